The van der Waals surface area contributed by atoms with Crippen molar-refractivity contribution >= 4 is 0 Å². The number of nitrogens with two attached hydrogens (primary N) is 2. The van der Waals surface area contributed by atoms with E-state index in [0.29, 0.717) is 0 Å². The predicted molar refractivity (Wildman–Crippen MR) is 35.9 cm³/mol. The second kappa shape index (κ2) is 4.24. The van der Waals surface area contributed by atoms with Crippen LogP contribution < -0.4 is 11.5 Å². The number of hydrogen-bond acceptors (Lipinski definition) is 2. The molecule has 0 aliphatic rings. The summed E-state index contributed by atoms with van der Waals surface area (Å²) in [5, 5.41) is 0. The van der Waals surface area contributed by atoms with Crippen LogP contribution in [-0.2, 0) is 0 Å². The van der Waals surface area contributed by atoms with Crippen molar-refractivity contribution in [3.05, 3.63) is 24.0 Å². The molecule has 8 heavy (non-hydrogen) atoms. The first kappa shape index (κ1) is 7.08. The normalized spacial score (nSPS) is 12.9. The van der Waals surface area contributed by atoms with Crippen LogP contribution in [0, 0.1) is 0 Å². The minimum Gasteiger partial charge on any atom is -0.405 e. The molecule has 0 rings (SSSR count). The molecule has 0 bridgehead atoms. The summed E-state index contributed by atoms with van der Waals surface area (Å²) >= 11 is 0. The lowest BCUT2D eigenvalue weighted by atomic mass is 10.3. The fraction of sp³-hybridized carbons (Fsp3) is 0.333. The highest BCUT2D eigenvalue weighted by molar-refractivity contribution is 5.07. The SMILES string of the molecule is CC/C(N)=C/C=C\N. The maximum atomic E-state index is 5.41. The van der Waals surface area contributed by atoms with Crippen molar-refractivity contribution in [2.45, 2.75) is 13.3 Å². The Morgan fingerprint density at radius 1 is 1.62 bits per heavy atom. The number of hydrogen-bond donors (Lipinski definition) is 2. The third kappa shape index (κ3) is 3.28. The van der Waals surface area contributed by atoms with Crippen molar-refractivity contribution in [1.82, 2.24) is 0 Å². The Morgan fingerprint density at radius 2 is 2.25 bits per heavy atom. The van der Waals surface area contributed by atoms with E-state index in [1.807, 2.05) is 6.92 Å². The van der Waals surface area contributed by atoms with Crippen molar-refractivity contribution in [3.63, 3.8) is 0 Å². The van der Waals surface area contributed by atoms with E-state index in [1.165, 1.54) is 6.20 Å². The van der Waals surface area contributed by atoms with Crippen molar-refractivity contribution in [1.29, 1.82) is 0 Å². The fourth-order valence-corrected chi connectivity index (χ4v) is 0.297. The second-order valence-corrected chi connectivity index (χ2v) is 1.48. The van der Waals surface area contributed by atoms with Crippen molar-refractivity contribution < 1.29 is 0 Å². The number of allylic oxidation sites excluding steroid dienone is 3. The molecule has 0 aromatic carbocycles. The van der Waals surface area contributed by atoms with Gasteiger partial charge in [0, 0.05) is 5.70 Å². The molecule has 2 nitrogen and oxygen atoms in total. The van der Waals surface area contributed by atoms with Gasteiger partial charge in [-0.2, -0.15) is 0 Å². The van der Waals surface area contributed by atoms with Gasteiger partial charge in [0.05, 0.1) is 0 Å². The average Bonchev–Trinajstić information content (AvgIpc) is 1.83. The first-order chi connectivity index (χ1) is 3.81. The van der Waals surface area contributed by atoms with Crippen LogP contribution >= 0.6 is 0 Å². The lowest BCUT2D eigenvalue weighted by molar-refractivity contribution is 1.07. The van der Waals surface area contributed by atoms with Crippen LogP contribution in [0.15, 0.2) is 24.0 Å². The van der Waals surface area contributed by atoms with Crippen LogP contribution in [0.1, 0.15) is 13.3 Å². The summed E-state index contributed by atoms with van der Waals surface area (Å²) in [4.78, 5) is 0. The summed E-state index contributed by atoms with van der Waals surface area (Å²) in [5.41, 5.74) is 11.3. The zero-order valence-electron chi connectivity index (χ0n) is 5.09. The summed E-state index contributed by atoms with van der Waals surface area (Å²) in [6, 6.07) is 0. The average molecular weight is 112 g/mol. The summed E-state index contributed by atoms with van der Waals surface area (Å²) < 4.78 is 0. The minimum atomic E-state index is 0.853. The molecule has 0 unspecified atom stereocenters. The molecule has 0 spiro atoms. The Hall–Kier alpha value is -0.920. The van der Waals surface area contributed by atoms with Gasteiger partial charge in [-0.1, -0.05) is 6.92 Å². The summed E-state index contributed by atoms with van der Waals surface area (Å²) in [6.45, 7) is 2.00. The molecule has 0 atom stereocenters. The van der Waals surface area contributed by atoms with Gasteiger partial charge in [0.15, 0.2) is 0 Å². The van der Waals surface area contributed by atoms with Crippen LogP contribution in [0.4, 0.5) is 0 Å². The first-order valence-corrected chi connectivity index (χ1v) is 2.64. The third-order valence-corrected chi connectivity index (χ3v) is 0.830. The third-order valence-electron chi connectivity index (χ3n) is 0.830. The van der Waals surface area contributed by atoms with E-state index in [2.05, 4.69) is 0 Å². The van der Waals surface area contributed by atoms with Crippen molar-refractivity contribution in [3.8, 4) is 0 Å². The van der Waals surface area contributed by atoms with Crippen LogP contribution in [0.3, 0.4) is 0 Å². The van der Waals surface area contributed by atoms with E-state index < -0.39 is 0 Å². The zero-order valence-corrected chi connectivity index (χ0v) is 5.09. The molecule has 46 valence electrons. The molecule has 0 aliphatic heterocycles. The van der Waals surface area contributed by atoms with Gasteiger partial charge in [-0.05, 0) is 24.8 Å². The smallest absolute Gasteiger partial charge is 0.00782 e. The summed E-state index contributed by atoms with van der Waals surface area (Å²) in [7, 11) is 0. The standard InChI is InChI=1S/C6H12N2/c1-2-6(8)4-3-5-7/h3-5H,2,7-8H2,1H3/b5-3-,6-4-. The highest BCUT2D eigenvalue weighted by Crippen LogP contribution is 1.88. The Morgan fingerprint density at radius 3 is 2.62 bits per heavy atom. The van der Waals surface area contributed by atoms with E-state index in [-0.39, 0.29) is 0 Å². The topological polar surface area (TPSA) is 52.0 Å². The maximum Gasteiger partial charge on any atom is 0.00782 e. The van der Waals surface area contributed by atoms with Gasteiger partial charge in [-0.15, -0.1) is 0 Å². The minimum absolute atomic E-state index is 0.853. The van der Waals surface area contributed by atoms with Crippen molar-refractivity contribution in [2.24, 2.45) is 11.5 Å². The van der Waals surface area contributed by atoms with E-state index in [4.69, 9.17) is 11.5 Å². The zero-order chi connectivity index (χ0) is 6.41. The molecule has 0 saturated carbocycles. The summed E-state index contributed by atoms with van der Waals surface area (Å²) in [5.74, 6) is 0. The van der Waals surface area contributed by atoms with Gasteiger partial charge >= 0.3 is 0 Å². The van der Waals surface area contributed by atoms with Gasteiger partial charge in [0.25, 0.3) is 0 Å². The monoisotopic (exact) mass is 112 g/mol. The highest BCUT2D eigenvalue weighted by atomic mass is 14.6. The lowest BCUT2D eigenvalue weighted by Gasteiger charge is -1.88. The van der Waals surface area contributed by atoms with Gasteiger partial charge in [-0.3, -0.25) is 0 Å². The molecule has 0 heterocycles. The van der Waals surface area contributed by atoms with Crippen molar-refractivity contribution in [2.75, 3.05) is 0 Å². The molecule has 0 saturated heterocycles. The van der Waals surface area contributed by atoms with Gasteiger partial charge < -0.3 is 11.5 Å². The van der Waals surface area contributed by atoms with Crippen LogP contribution in [0.2, 0.25) is 0 Å². The molecule has 0 aromatic rings. The van der Waals surface area contributed by atoms with E-state index in [9.17, 15) is 0 Å². The largest absolute Gasteiger partial charge is 0.405 e. The van der Waals surface area contributed by atoms with Gasteiger partial charge in [-0.25, -0.2) is 0 Å². The summed E-state index contributed by atoms with van der Waals surface area (Å²) in [6.07, 6.45) is 5.85. The first-order valence-electron chi connectivity index (χ1n) is 2.64. The second-order valence-electron chi connectivity index (χ2n) is 1.48. The number of rotatable bonds is 2. The Kier molecular flexibility index (Phi) is 3.76. The maximum absolute atomic E-state index is 5.41. The highest BCUT2D eigenvalue weighted by Gasteiger charge is 1.76. The van der Waals surface area contributed by atoms with Crippen LogP contribution in [-0.4, -0.2) is 0 Å². The Balaban J connectivity index is 3.57. The van der Waals surface area contributed by atoms with Gasteiger partial charge in [0.2, 0.25) is 0 Å². The fourth-order valence-electron chi connectivity index (χ4n) is 0.297. The van der Waals surface area contributed by atoms with E-state index in [1.54, 1.807) is 12.2 Å². The molecule has 0 fully saturated rings. The Labute approximate surface area is 49.9 Å². The van der Waals surface area contributed by atoms with Crippen LogP contribution in [0.25, 0.3) is 0 Å². The van der Waals surface area contributed by atoms with Crippen LogP contribution in [0.5, 0.6) is 0 Å². The quantitative estimate of drug-likeness (QED) is 0.517. The molecule has 4 N–H and O–H groups in total. The molecular formula is C6H12N2. The molecular weight excluding hydrogens is 100 g/mol. The molecule has 2 heteroatoms. The van der Waals surface area contributed by atoms with E-state index >= 15 is 0 Å². The van der Waals surface area contributed by atoms with Gasteiger partial charge in [0.1, 0.15) is 0 Å². The molecule has 0 aliphatic carbocycles. The van der Waals surface area contributed by atoms with E-state index in [0.717, 1.165) is 12.1 Å². The molecule has 0 amide bonds. The molecule has 0 radical (unpaired) electrons. The predicted octanol–water partition coefficient (Wildman–Crippen LogP) is 0.711. The Bertz CT molecular complexity index is 103. The molecule has 0 aromatic heterocycles. The lowest BCUT2D eigenvalue weighted by Crippen LogP contribution is -1.92.